The molecule has 2 N–H and O–H groups in total. The van der Waals surface area contributed by atoms with Gasteiger partial charge in [0.05, 0.1) is 5.52 Å². The second kappa shape index (κ2) is 5.47. The Labute approximate surface area is 122 Å². The third-order valence-electron chi connectivity index (χ3n) is 3.78. The molecule has 1 saturated heterocycles. The minimum atomic E-state index is -0.165. The first kappa shape index (κ1) is 13.5. The Hall–Kier alpha value is -1.50. The summed E-state index contributed by atoms with van der Waals surface area (Å²) in [5, 5.41) is 4.27. The standard InChI is InChI=1S/C14H18N4OS/c1-17-13(20)11-3-2-10(8-12(11)16-14(17)19)9-18-6-4-15-5-7-18/h2-3,8,15H,4-7,9H2,1H3,(H,16,19). The predicted octanol–water partition coefficient (Wildman–Crippen LogP) is 1.00. The van der Waals surface area contributed by atoms with E-state index < -0.39 is 0 Å². The quantitative estimate of drug-likeness (QED) is 0.810. The van der Waals surface area contributed by atoms with Crippen molar-refractivity contribution < 1.29 is 0 Å². The lowest BCUT2D eigenvalue weighted by molar-refractivity contribution is 0.233. The van der Waals surface area contributed by atoms with Gasteiger partial charge in [0.2, 0.25) is 0 Å². The van der Waals surface area contributed by atoms with Gasteiger partial charge in [-0.15, -0.1) is 0 Å². The molecule has 2 heterocycles. The Morgan fingerprint density at radius 2 is 2.05 bits per heavy atom. The van der Waals surface area contributed by atoms with Crippen molar-refractivity contribution in [2.24, 2.45) is 7.05 Å². The van der Waals surface area contributed by atoms with Crippen LogP contribution >= 0.6 is 12.2 Å². The summed E-state index contributed by atoms with van der Waals surface area (Å²) in [6.07, 6.45) is 0. The summed E-state index contributed by atoms with van der Waals surface area (Å²) in [7, 11) is 1.69. The fraction of sp³-hybridized carbons (Fsp3) is 0.429. The summed E-state index contributed by atoms with van der Waals surface area (Å²) in [6, 6.07) is 6.14. The van der Waals surface area contributed by atoms with E-state index in [0.29, 0.717) is 4.64 Å². The van der Waals surface area contributed by atoms with Gasteiger partial charge in [-0.25, -0.2) is 4.79 Å². The Bertz CT molecular complexity index is 743. The summed E-state index contributed by atoms with van der Waals surface area (Å²) in [4.78, 5) is 17.1. The van der Waals surface area contributed by atoms with E-state index in [1.54, 1.807) is 7.05 Å². The van der Waals surface area contributed by atoms with Crippen LogP contribution in [0.1, 0.15) is 5.56 Å². The number of piperazine rings is 1. The zero-order valence-corrected chi connectivity index (χ0v) is 12.3. The second-order valence-corrected chi connectivity index (χ2v) is 5.59. The minimum absolute atomic E-state index is 0.165. The third kappa shape index (κ3) is 2.54. The van der Waals surface area contributed by atoms with Crippen LogP contribution in [-0.2, 0) is 13.6 Å². The Morgan fingerprint density at radius 1 is 1.30 bits per heavy atom. The first-order valence-corrected chi connectivity index (χ1v) is 7.21. The molecular weight excluding hydrogens is 272 g/mol. The summed E-state index contributed by atoms with van der Waals surface area (Å²) in [5.41, 5.74) is 1.87. The average molecular weight is 290 g/mol. The van der Waals surface area contributed by atoms with E-state index in [-0.39, 0.29) is 5.69 Å². The normalized spacial score (nSPS) is 16.6. The van der Waals surface area contributed by atoms with Crippen LogP contribution in [0.25, 0.3) is 10.9 Å². The summed E-state index contributed by atoms with van der Waals surface area (Å²) in [6.45, 7) is 5.11. The maximum absolute atomic E-state index is 11.8. The number of rotatable bonds is 2. The molecule has 2 aromatic rings. The molecule has 0 radical (unpaired) electrons. The molecule has 1 aromatic heterocycles. The van der Waals surface area contributed by atoms with Crippen molar-refractivity contribution in [3.63, 3.8) is 0 Å². The summed E-state index contributed by atoms with van der Waals surface area (Å²) < 4.78 is 2.05. The van der Waals surface area contributed by atoms with Crippen molar-refractivity contribution in [3.8, 4) is 0 Å². The Morgan fingerprint density at radius 3 is 2.80 bits per heavy atom. The minimum Gasteiger partial charge on any atom is -0.314 e. The fourth-order valence-corrected chi connectivity index (χ4v) is 2.84. The van der Waals surface area contributed by atoms with Crippen molar-refractivity contribution in [2.75, 3.05) is 26.2 Å². The van der Waals surface area contributed by atoms with E-state index in [4.69, 9.17) is 12.2 Å². The molecule has 0 amide bonds. The van der Waals surface area contributed by atoms with Crippen molar-refractivity contribution in [2.45, 2.75) is 6.54 Å². The van der Waals surface area contributed by atoms with Gasteiger partial charge in [0.15, 0.2) is 0 Å². The van der Waals surface area contributed by atoms with Gasteiger partial charge in [-0.05, 0) is 17.7 Å². The second-order valence-electron chi connectivity index (χ2n) is 5.20. The van der Waals surface area contributed by atoms with Crippen LogP contribution in [0.5, 0.6) is 0 Å². The van der Waals surface area contributed by atoms with Gasteiger partial charge in [0.1, 0.15) is 4.64 Å². The molecule has 1 fully saturated rings. The van der Waals surface area contributed by atoms with Gasteiger partial charge in [0, 0.05) is 45.2 Å². The van der Waals surface area contributed by atoms with Crippen LogP contribution < -0.4 is 11.0 Å². The number of aromatic nitrogens is 2. The zero-order valence-electron chi connectivity index (χ0n) is 11.5. The van der Waals surface area contributed by atoms with Crippen molar-refractivity contribution >= 4 is 23.1 Å². The molecule has 0 saturated carbocycles. The van der Waals surface area contributed by atoms with Gasteiger partial charge in [-0.2, -0.15) is 0 Å². The van der Waals surface area contributed by atoms with Crippen molar-refractivity contribution in [1.29, 1.82) is 0 Å². The van der Waals surface area contributed by atoms with Crippen LogP contribution in [0.3, 0.4) is 0 Å². The smallest absolute Gasteiger partial charge is 0.314 e. The largest absolute Gasteiger partial charge is 0.326 e. The average Bonchev–Trinajstić information content (AvgIpc) is 2.46. The first-order chi connectivity index (χ1) is 9.65. The number of nitrogens with zero attached hydrogens (tertiary/aromatic N) is 2. The highest BCUT2D eigenvalue weighted by atomic mass is 32.1. The van der Waals surface area contributed by atoms with Gasteiger partial charge in [-0.3, -0.25) is 9.47 Å². The molecule has 1 aliphatic rings. The molecule has 3 rings (SSSR count). The van der Waals surface area contributed by atoms with Gasteiger partial charge >= 0.3 is 5.69 Å². The molecule has 1 aromatic carbocycles. The van der Waals surface area contributed by atoms with Crippen LogP contribution in [0.15, 0.2) is 23.0 Å². The number of nitrogens with one attached hydrogen (secondary N) is 2. The SMILES string of the molecule is Cn1c(=O)[nH]c2cc(CN3CCNCC3)ccc2c1=S. The molecule has 106 valence electrons. The maximum atomic E-state index is 11.8. The molecule has 0 atom stereocenters. The number of benzene rings is 1. The fourth-order valence-electron chi connectivity index (χ4n) is 2.58. The molecule has 20 heavy (non-hydrogen) atoms. The maximum Gasteiger partial charge on any atom is 0.326 e. The van der Waals surface area contributed by atoms with Gasteiger partial charge in [-0.1, -0.05) is 18.3 Å². The first-order valence-electron chi connectivity index (χ1n) is 6.80. The van der Waals surface area contributed by atoms with E-state index >= 15 is 0 Å². The predicted molar refractivity (Wildman–Crippen MR) is 82.5 cm³/mol. The highest BCUT2D eigenvalue weighted by molar-refractivity contribution is 7.71. The summed E-state index contributed by atoms with van der Waals surface area (Å²) >= 11 is 5.31. The van der Waals surface area contributed by atoms with E-state index in [9.17, 15) is 4.79 Å². The molecule has 6 heteroatoms. The number of hydrogen-bond acceptors (Lipinski definition) is 4. The van der Waals surface area contributed by atoms with Crippen molar-refractivity contribution in [3.05, 3.63) is 38.9 Å². The molecule has 0 spiro atoms. The van der Waals surface area contributed by atoms with E-state index in [2.05, 4.69) is 21.3 Å². The number of aromatic amines is 1. The van der Waals surface area contributed by atoms with Crippen LogP contribution in [0.4, 0.5) is 0 Å². The van der Waals surface area contributed by atoms with E-state index in [0.717, 1.165) is 43.6 Å². The highest BCUT2D eigenvalue weighted by Gasteiger charge is 2.10. The Balaban J connectivity index is 1.96. The molecule has 0 aliphatic carbocycles. The van der Waals surface area contributed by atoms with E-state index in [1.165, 1.54) is 10.1 Å². The molecule has 5 nitrogen and oxygen atoms in total. The topological polar surface area (TPSA) is 53.1 Å². The molecule has 0 unspecified atom stereocenters. The molecular formula is C14H18N4OS. The van der Waals surface area contributed by atoms with Gasteiger partial charge < -0.3 is 10.3 Å². The monoisotopic (exact) mass is 290 g/mol. The summed E-state index contributed by atoms with van der Waals surface area (Å²) in [5.74, 6) is 0. The number of hydrogen-bond donors (Lipinski definition) is 2. The van der Waals surface area contributed by atoms with Crippen LogP contribution in [-0.4, -0.2) is 40.6 Å². The number of fused-ring (bicyclic) bond motifs is 1. The third-order valence-corrected chi connectivity index (χ3v) is 4.27. The van der Waals surface area contributed by atoms with Crippen LogP contribution in [0.2, 0.25) is 0 Å². The highest BCUT2D eigenvalue weighted by Crippen LogP contribution is 2.15. The zero-order chi connectivity index (χ0) is 14.1. The molecule has 0 bridgehead atoms. The lowest BCUT2D eigenvalue weighted by atomic mass is 10.1. The van der Waals surface area contributed by atoms with Crippen molar-refractivity contribution in [1.82, 2.24) is 19.8 Å². The lowest BCUT2D eigenvalue weighted by Crippen LogP contribution is -2.42. The Kier molecular flexibility index (Phi) is 3.69. The molecule has 1 aliphatic heterocycles. The number of H-pyrrole nitrogens is 1. The van der Waals surface area contributed by atoms with E-state index in [1.807, 2.05) is 12.1 Å². The van der Waals surface area contributed by atoms with Crippen LogP contribution in [0, 0.1) is 4.64 Å². The van der Waals surface area contributed by atoms with Gasteiger partial charge in [0.25, 0.3) is 0 Å². The lowest BCUT2D eigenvalue weighted by Gasteiger charge is -2.27.